The summed E-state index contributed by atoms with van der Waals surface area (Å²) in [5.41, 5.74) is 6.89. The molecule has 0 aliphatic carbocycles. The Morgan fingerprint density at radius 2 is 1.84 bits per heavy atom. The average molecular weight is 256 g/mol. The van der Waals surface area contributed by atoms with Crippen LogP contribution >= 0.6 is 0 Å². The van der Waals surface area contributed by atoms with Crippen LogP contribution in [0.2, 0.25) is 0 Å². The van der Waals surface area contributed by atoms with Gasteiger partial charge in [-0.2, -0.15) is 0 Å². The van der Waals surface area contributed by atoms with Crippen LogP contribution in [0.3, 0.4) is 0 Å². The molecule has 0 heterocycles. The number of nitrogens with two attached hydrogens (primary N) is 1. The van der Waals surface area contributed by atoms with Gasteiger partial charge in [-0.1, -0.05) is 50.2 Å². The van der Waals surface area contributed by atoms with Gasteiger partial charge < -0.3 is 11.1 Å². The monoisotopic (exact) mass is 256 g/mol. The fourth-order valence-electron chi connectivity index (χ4n) is 1.96. The molecule has 100 valence electrons. The second-order valence-corrected chi connectivity index (χ2v) is 5.17. The normalized spacial score (nSPS) is 12.6. The van der Waals surface area contributed by atoms with Crippen molar-refractivity contribution < 1.29 is 4.79 Å². The fraction of sp³-hybridized carbons (Fsp3) is 0.312. The highest BCUT2D eigenvalue weighted by atomic mass is 16.2. The number of amides is 1. The maximum atomic E-state index is 11.8. The molecule has 0 aliphatic rings. The zero-order chi connectivity index (χ0) is 13.8. The van der Waals surface area contributed by atoms with Crippen molar-refractivity contribution in [1.29, 1.82) is 0 Å². The molecule has 2 aromatic carbocycles. The molecule has 1 atom stereocenters. The van der Waals surface area contributed by atoms with Crippen LogP contribution in [0.5, 0.6) is 0 Å². The predicted octanol–water partition coefficient (Wildman–Crippen LogP) is 2.44. The Balaban J connectivity index is 2.04. The maximum absolute atomic E-state index is 11.8. The summed E-state index contributed by atoms with van der Waals surface area (Å²) >= 11 is 0. The summed E-state index contributed by atoms with van der Waals surface area (Å²) in [4.78, 5) is 11.8. The lowest BCUT2D eigenvalue weighted by atomic mass is 10.0. The van der Waals surface area contributed by atoms with E-state index in [0.29, 0.717) is 6.54 Å². The first-order chi connectivity index (χ1) is 9.08. The van der Waals surface area contributed by atoms with Gasteiger partial charge in [-0.05, 0) is 28.3 Å². The van der Waals surface area contributed by atoms with Gasteiger partial charge in [-0.25, -0.2) is 0 Å². The van der Waals surface area contributed by atoms with Crippen LogP contribution in [0.15, 0.2) is 42.5 Å². The van der Waals surface area contributed by atoms with Gasteiger partial charge in [0.25, 0.3) is 0 Å². The third-order valence-electron chi connectivity index (χ3n) is 3.30. The van der Waals surface area contributed by atoms with E-state index >= 15 is 0 Å². The van der Waals surface area contributed by atoms with Gasteiger partial charge in [0.2, 0.25) is 5.91 Å². The molecule has 0 spiro atoms. The fourth-order valence-corrected chi connectivity index (χ4v) is 1.96. The Labute approximate surface area is 113 Å². The van der Waals surface area contributed by atoms with Crippen molar-refractivity contribution in [3.8, 4) is 0 Å². The number of hydrogen-bond donors (Lipinski definition) is 2. The van der Waals surface area contributed by atoms with Crippen LogP contribution in [0.1, 0.15) is 19.4 Å². The van der Waals surface area contributed by atoms with Crippen LogP contribution in [0, 0.1) is 5.92 Å². The average Bonchev–Trinajstić information content (AvgIpc) is 2.43. The molecular formula is C16H20N2O. The third kappa shape index (κ3) is 3.32. The van der Waals surface area contributed by atoms with Crippen LogP contribution < -0.4 is 11.1 Å². The molecule has 0 aromatic heterocycles. The second kappa shape index (κ2) is 5.85. The summed E-state index contributed by atoms with van der Waals surface area (Å²) in [6.07, 6.45) is 0. The quantitative estimate of drug-likeness (QED) is 0.882. The highest BCUT2D eigenvalue weighted by molar-refractivity contribution is 5.84. The van der Waals surface area contributed by atoms with Gasteiger partial charge >= 0.3 is 0 Å². The van der Waals surface area contributed by atoms with Gasteiger partial charge in [-0.15, -0.1) is 0 Å². The number of rotatable bonds is 4. The van der Waals surface area contributed by atoms with Crippen LogP contribution in [-0.2, 0) is 11.3 Å². The number of hydrogen-bond acceptors (Lipinski definition) is 2. The number of carbonyl (C=O) groups excluding carboxylic acids is 1. The molecule has 0 fully saturated rings. The molecule has 2 aromatic rings. The molecule has 3 N–H and O–H groups in total. The van der Waals surface area contributed by atoms with Crippen molar-refractivity contribution in [3.05, 3.63) is 48.0 Å². The molecule has 1 amide bonds. The van der Waals surface area contributed by atoms with Crippen LogP contribution in [0.4, 0.5) is 0 Å². The number of fused-ring (bicyclic) bond motifs is 1. The standard InChI is InChI=1S/C16H20N2O/c1-11(2)15(17)16(19)18-10-12-7-8-13-5-3-4-6-14(13)9-12/h3-9,11,15H,10,17H2,1-2H3,(H,18,19)/t15-/m0/s1. The summed E-state index contributed by atoms with van der Waals surface area (Å²) in [5.74, 6) is 0.0553. The summed E-state index contributed by atoms with van der Waals surface area (Å²) in [7, 11) is 0. The molecule has 2 rings (SSSR count). The lowest BCUT2D eigenvalue weighted by molar-refractivity contribution is -0.123. The molecule has 19 heavy (non-hydrogen) atoms. The van der Waals surface area contributed by atoms with E-state index < -0.39 is 6.04 Å². The zero-order valence-electron chi connectivity index (χ0n) is 11.4. The largest absolute Gasteiger partial charge is 0.351 e. The Hall–Kier alpha value is -1.87. The Bertz CT molecular complexity index is 578. The topological polar surface area (TPSA) is 55.1 Å². The van der Waals surface area contributed by atoms with Crippen molar-refractivity contribution in [2.75, 3.05) is 0 Å². The van der Waals surface area contributed by atoms with Gasteiger partial charge in [0.1, 0.15) is 0 Å². The minimum absolute atomic E-state index is 0.0943. The molecule has 3 nitrogen and oxygen atoms in total. The second-order valence-electron chi connectivity index (χ2n) is 5.17. The number of carbonyl (C=O) groups is 1. The van der Waals surface area contributed by atoms with Gasteiger partial charge in [0, 0.05) is 6.54 Å². The summed E-state index contributed by atoms with van der Waals surface area (Å²) in [6.45, 7) is 4.41. The molecule has 0 saturated heterocycles. The first kappa shape index (κ1) is 13.6. The van der Waals surface area contributed by atoms with Gasteiger partial charge in [0.15, 0.2) is 0 Å². The van der Waals surface area contributed by atoms with E-state index in [1.807, 2.05) is 32.0 Å². The van der Waals surface area contributed by atoms with E-state index in [4.69, 9.17) is 5.73 Å². The Kier molecular flexibility index (Phi) is 4.17. The van der Waals surface area contributed by atoms with Crippen molar-refractivity contribution in [3.63, 3.8) is 0 Å². The minimum Gasteiger partial charge on any atom is -0.351 e. The lowest BCUT2D eigenvalue weighted by Gasteiger charge is -2.15. The van der Waals surface area contributed by atoms with E-state index in [1.165, 1.54) is 10.8 Å². The molecule has 0 saturated carbocycles. The zero-order valence-corrected chi connectivity index (χ0v) is 11.4. The predicted molar refractivity (Wildman–Crippen MR) is 78.6 cm³/mol. The SMILES string of the molecule is CC(C)[C@H](N)C(=O)NCc1ccc2ccccc2c1. The van der Waals surface area contributed by atoms with E-state index in [1.54, 1.807) is 0 Å². The highest BCUT2D eigenvalue weighted by Crippen LogP contribution is 2.15. The first-order valence-electron chi connectivity index (χ1n) is 6.59. The van der Waals surface area contributed by atoms with Crippen LogP contribution in [-0.4, -0.2) is 11.9 Å². The maximum Gasteiger partial charge on any atom is 0.237 e. The number of benzene rings is 2. The molecule has 0 unspecified atom stereocenters. The minimum atomic E-state index is -0.444. The van der Waals surface area contributed by atoms with E-state index in [9.17, 15) is 4.79 Å². The third-order valence-corrected chi connectivity index (χ3v) is 3.30. The van der Waals surface area contributed by atoms with Crippen molar-refractivity contribution in [2.45, 2.75) is 26.4 Å². The molecule has 0 radical (unpaired) electrons. The summed E-state index contributed by atoms with van der Waals surface area (Å²) in [5, 5.41) is 5.27. The molecule has 0 aliphatic heterocycles. The Morgan fingerprint density at radius 1 is 1.16 bits per heavy atom. The van der Waals surface area contributed by atoms with Gasteiger partial charge in [-0.3, -0.25) is 4.79 Å². The van der Waals surface area contributed by atoms with Crippen LogP contribution in [0.25, 0.3) is 10.8 Å². The highest BCUT2D eigenvalue weighted by Gasteiger charge is 2.16. The van der Waals surface area contributed by atoms with E-state index in [0.717, 1.165) is 5.56 Å². The molecular weight excluding hydrogens is 236 g/mol. The van der Waals surface area contributed by atoms with Crippen molar-refractivity contribution in [2.24, 2.45) is 11.7 Å². The van der Waals surface area contributed by atoms with Crippen molar-refractivity contribution in [1.82, 2.24) is 5.32 Å². The molecule has 3 heteroatoms. The summed E-state index contributed by atoms with van der Waals surface area (Å²) in [6, 6.07) is 13.9. The number of nitrogens with one attached hydrogen (secondary N) is 1. The van der Waals surface area contributed by atoms with E-state index in [-0.39, 0.29) is 11.8 Å². The summed E-state index contributed by atoms with van der Waals surface area (Å²) < 4.78 is 0. The molecule has 0 bridgehead atoms. The first-order valence-corrected chi connectivity index (χ1v) is 6.59. The van der Waals surface area contributed by atoms with E-state index in [2.05, 4.69) is 29.6 Å². The lowest BCUT2D eigenvalue weighted by Crippen LogP contribution is -2.43. The smallest absolute Gasteiger partial charge is 0.237 e. The Morgan fingerprint density at radius 3 is 2.53 bits per heavy atom. The van der Waals surface area contributed by atoms with Crippen molar-refractivity contribution >= 4 is 16.7 Å². The van der Waals surface area contributed by atoms with Gasteiger partial charge in [0.05, 0.1) is 6.04 Å².